The Morgan fingerprint density at radius 2 is 2.14 bits per heavy atom. The van der Waals surface area contributed by atoms with Gasteiger partial charge in [-0.3, -0.25) is 0 Å². The van der Waals surface area contributed by atoms with E-state index in [-0.39, 0.29) is 18.9 Å². The number of benzene rings is 2. The fourth-order valence-electron chi connectivity index (χ4n) is 3.61. The highest BCUT2D eigenvalue weighted by Gasteiger charge is 2.42. The molecule has 0 bridgehead atoms. The number of hydrogen-bond acceptors (Lipinski definition) is 5. The van der Waals surface area contributed by atoms with Gasteiger partial charge in [-0.05, 0) is 17.7 Å². The Morgan fingerprint density at radius 3 is 3.00 bits per heavy atom. The Labute approximate surface area is 126 Å². The van der Waals surface area contributed by atoms with E-state index in [0.717, 1.165) is 28.0 Å². The van der Waals surface area contributed by atoms with Crippen molar-refractivity contribution in [1.29, 1.82) is 0 Å². The molecule has 0 spiro atoms. The number of carbonyl (C=O) groups excluding carboxylic acids is 1. The highest BCUT2D eigenvalue weighted by atomic mass is 16.7. The third-order valence-corrected chi connectivity index (χ3v) is 4.51. The molecule has 0 amide bonds. The Morgan fingerprint density at radius 1 is 1.23 bits per heavy atom. The third-order valence-electron chi connectivity index (χ3n) is 4.51. The van der Waals surface area contributed by atoms with Crippen LogP contribution in [0.3, 0.4) is 0 Å². The first kappa shape index (κ1) is 11.9. The molecule has 1 aliphatic carbocycles. The summed E-state index contributed by atoms with van der Waals surface area (Å²) in [7, 11) is 1.65. The lowest BCUT2D eigenvalue weighted by atomic mass is 9.81. The molecule has 0 aromatic heterocycles. The van der Waals surface area contributed by atoms with Gasteiger partial charge in [0.25, 0.3) is 0 Å². The number of esters is 1. The van der Waals surface area contributed by atoms with Gasteiger partial charge in [0, 0.05) is 23.1 Å². The van der Waals surface area contributed by atoms with Crippen molar-refractivity contribution in [2.24, 2.45) is 0 Å². The molecule has 2 aliphatic heterocycles. The maximum atomic E-state index is 12.2. The maximum absolute atomic E-state index is 12.2. The molecule has 5 heteroatoms. The summed E-state index contributed by atoms with van der Waals surface area (Å²) in [6.45, 7) is 0.171. The summed E-state index contributed by atoms with van der Waals surface area (Å²) >= 11 is 0. The molecule has 3 aliphatic rings. The van der Waals surface area contributed by atoms with Crippen LogP contribution in [-0.4, -0.2) is 19.9 Å². The molecular formula is C17H12O5. The first-order chi connectivity index (χ1) is 10.8. The molecule has 0 N–H and O–H groups in total. The lowest BCUT2D eigenvalue weighted by Gasteiger charge is -2.25. The van der Waals surface area contributed by atoms with Crippen LogP contribution in [0.15, 0.2) is 24.3 Å². The van der Waals surface area contributed by atoms with Crippen molar-refractivity contribution >= 4 is 5.97 Å². The summed E-state index contributed by atoms with van der Waals surface area (Å²) < 4.78 is 22.2. The zero-order chi connectivity index (χ0) is 14.8. The van der Waals surface area contributed by atoms with Crippen LogP contribution in [0.1, 0.15) is 27.6 Å². The number of rotatable bonds is 1. The van der Waals surface area contributed by atoms with E-state index in [1.807, 2.05) is 18.2 Å². The van der Waals surface area contributed by atoms with E-state index >= 15 is 0 Å². The van der Waals surface area contributed by atoms with Crippen molar-refractivity contribution in [3.63, 3.8) is 0 Å². The zero-order valence-corrected chi connectivity index (χ0v) is 11.8. The van der Waals surface area contributed by atoms with Gasteiger partial charge in [0.05, 0.1) is 12.7 Å². The maximum Gasteiger partial charge on any atom is 0.339 e. The predicted octanol–water partition coefficient (Wildman–Crippen LogP) is 2.86. The molecule has 1 unspecified atom stereocenters. The topological polar surface area (TPSA) is 54.0 Å². The molecule has 5 nitrogen and oxygen atoms in total. The quantitative estimate of drug-likeness (QED) is 0.757. The standard InChI is InChI=1S/C17H12O5/c1-19-11-4-2-3-8-9(11)5-12-14-10(17(18)22-12)6-13-16(15(8)14)21-7-20-13/h2-4,6,12H,5,7H2,1H3. The van der Waals surface area contributed by atoms with E-state index in [1.54, 1.807) is 13.2 Å². The van der Waals surface area contributed by atoms with Crippen LogP contribution in [0.25, 0.3) is 11.1 Å². The minimum atomic E-state index is -0.300. The molecule has 2 heterocycles. The molecule has 2 aromatic rings. The third kappa shape index (κ3) is 1.31. The molecule has 2 aromatic carbocycles. The molecule has 0 saturated carbocycles. The summed E-state index contributed by atoms with van der Waals surface area (Å²) in [6.07, 6.45) is 0.334. The second kappa shape index (κ2) is 3.94. The first-order valence-corrected chi connectivity index (χ1v) is 7.11. The van der Waals surface area contributed by atoms with Crippen LogP contribution in [0.2, 0.25) is 0 Å². The van der Waals surface area contributed by atoms with E-state index in [9.17, 15) is 4.79 Å². The van der Waals surface area contributed by atoms with E-state index in [0.29, 0.717) is 23.5 Å². The molecule has 0 fully saturated rings. The van der Waals surface area contributed by atoms with Gasteiger partial charge in [-0.1, -0.05) is 12.1 Å². The second-order valence-electron chi connectivity index (χ2n) is 5.53. The summed E-state index contributed by atoms with van der Waals surface area (Å²) in [4.78, 5) is 12.2. The van der Waals surface area contributed by atoms with Crippen LogP contribution in [0, 0.1) is 0 Å². The molecule has 1 atom stereocenters. The number of hydrogen-bond donors (Lipinski definition) is 0. The molecular weight excluding hydrogens is 284 g/mol. The molecule has 22 heavy (non-hydrogen) atoms. The van der Waals surface area contributed by atoms with E-state index < -0.39 is 0 Å². The Bertz CT molecular complexity index is 839. The average Bonchev–Trinajstić information content (AvgIpc) is 3.12. The van der Waals surface area contributed by atoms with Crippen LogP contribution in [0.4, 0.5) is 0 Å². The number of carbonyl (C=O) groups is 1. The zero-order valence-electron chi connectivity index (χ0n) is 11.8. The predicted molar refractivity (Wildman–Crippen MR) is 76.4 cm³/mol. The Hall–Kier alpha value is -2.69. The van der Waals surface area contributed by atoms with Crippen molar-refractivity contribution in [2.45, 2.75) is 12.5 Å². The largest absolute Gasteiger partial charge is 0.496 e. The monoisotopic (exact) mass is 296 g/mol. The average molecular weight is 296 g/mol. The summed E-state index contributed by atoms with van der Waals surface area (Å²) in [5.41, 5.74) is 4.45. The molecule has 0 saturated heterocycles. The van der Waals surface area contributed by atoms with Crippen molar-refractivity contribution in [3.05, 3.63) is 41.0 Å². The minimum absolute atomic E-state index is 0.171. The number of methoxy groups -OCH3 is 1. The van der Waals surface area contributed by atoms with E-state index in [1.165, 1.54) is 0 Å². The van der Waals surface area contributed by atoms with Gasteiger partial charge in [0.2, 0.25) is 6.79 Å². The summed E-state index contributed by atoms with van der Waals surface area (Å²) in [5.74, 6) is 1.79. The van der Waals surface area contributed by atoms with Gasteiger partial charge in [0.1, 0.15) is 11.9 Å². The SMILES string of the molecule is COc1cccc2c1CC1OC(=O)c3cc4c(c-2c31)OCO4. The number of ether oxygens (including phenoxy) is 4. The fourth-order valence-corrected chi connectivity index (χ4v) is 3.61. The van der Waals surface area contributed by atoms with Gasteiger partial charge in [-0.2, -0.15) is 0 Å². The van der Waals surface area contributed by atoms with Gasteiger partial charge in [-0.15, -0.1) is 0 Å². The summed E-state index contributed by atoms with van der Waals surface area (Å²) in [5, 5.41) is 0. The number of fused-ring (bicyclic) bond motifs is 4. The smallest absolute Gasteiger partial charge is 0.339 e. The van der Waals surface area contributed by atoms with Crippen LogP contribution >= 0.6 is 0 Å². The highest BCUT2D eigenvalue weighted by Crippen LogP contribution is 2.55. The lowest BCUT2D eigenvalue weighted by molar-refractivity contribution is 0.0383. The van der Waals surface area contributed by atoms with Crippen LogP contribution < -0.4 is 14.2 Å². The molecule has 5 rings (SSSR count). The Kier molecular flexibility index (Phi) is 2.13. The van der Waals surface area contributed by atoms with Crippen molar-refractivity contribution < 1.29 is 23.7 Å². The van der Waals surface area contributed by atoms with Crippen molar-refractivity contribution in [3.8, 4) is 28.4 Å². The minimum Gasteiger partial charge on any atom is -0.496 e. The van der Waals surface area contributed by atoms with Gasteiger partial charge in [0.15, 0.2) is 11.5 Å². The normalized spacial score (nSPS) is 19.5. The molecule has 0 radical (unpaired) electrons. The highest BCUT2D eigenvalue weighted by molar-refractivity contribution is 6.00. The Balaban J connectivity index is 1.89. The fraction of sp³-hybridized carbons (Fsp3) is 0.235. The molecule has 110 valence electrons. The van der Waals surface area contributed by atoms with Gasteiger partial charge in [-0.25, -0.2) is 4.79 Å². The summed E-state index contributed by atoms with van der Waals surface area (Å²) in [6, 6.07) is 7.61. The van der Waals surface area contributed by atoms with Gasteiger partial charge >= 0.3 is 5.97 Å². The first-order valence-electron chi connectivity index (χ1n) is 7.11. The lowest BCUT2D eigenvalue weighted by Crippen LogP contribution is -2.11. The second-order valence-corrected chi connectivity index (χ2v) is 5.53. The van der Waals surface area contributed by atoms with Gasteiger partial charge < -0.3 is 18.9 Å². The van der Waals surface area contributed by atoms with Crippen LogP contribution in [0.5, 0.6) is 17.2 Å². The van der Waals surface area contributed by atoms with Crippen molar-refractivity contribution in [1.82, 2.24) is 0 Å². The van der Waals surface area contributed by atoms with Crippen molar-refractivity contribution in [2.75, 3.05) is 13.9 Å². The van der Waals surface area contributed by atoms with Crippen LogP contribution in [-0.2, 0) is 11.2 Å². The van der Waals surface area contributed by atoms with E-state index in [4.69, 9.17) is 18.9 Å². The van der Waals surface area contributed by atoms with E-state index in [2.05, 4.69) is 0 Å².